The lowest BCUT2D eigenvalue weighted by Crippen LogP contribution is -3.22. The Labute approximate surface area is 164 Å². The molecule has 1 aromatic carbocycles. The second-order valence-corrected chi connectivity index (χ2v) is 8.80. The van der Waals surface area contributed by atoms with Crippen LogP contribution < -0.4 is 15.0 Å². The number of nitrogens with one attached hydrogen (secondary N) is 2. The maximum atomic E-state index is 12.5. The molecule has 2 aliphatic rings. The van der Waals surface area contributed by atoms with Gasteiger partial charge in [0.1, 0.15) is 11.3 Å². The molecule has 1 aromatic rings. The van der Waals surface area contributed by atoms with Gasteiger partial charge in [-0.05, 0) is 64.0 Å². The van der Waals surface area contributed by atoms with Gasteiger partial charge in [-0.15, -0.1) is 0 Å². The fraction of sp³-hybridized carbons (Fsp3) is 0.696. The molecule has 150 valence electrons. The summed E-state index contributed by atoms with van der Waals surface area (Å²) in [6, 6.07) is 4.22. The first-order valence-electron chi connectivity index (χ1n) is 10.8. The molecule has 1 aliphatic heterocycles. The summed E-state index contributed by atoms with van der Waals surface area (Å²) in [6.45, 7) is 9.63. The van der Waals surface area contributed by atoms with Crippen LogP contribution in [0.15, 0.2) is 12.1 Å². The molecule has 27 heavy (non-hydrogen) atoms. The Morgan fingerprint density at radius 3 is 2.22 bits per heavy atom. The monoisotopic (exact) mass is 373 g/mol. The number of benzene rings is 1. The second kappa shape index (κ2) is 9.09. The molecule has 2 fully saturated rings. The van der Waals surface area contributed by atoms with Crippen LogP contribution in [0.1, 0.15) is 68.1 Å². The fourth-order valence-electron chi connectivity index (χ4n) is 5.24. The van der Waals surface area contributed by atoms with E-state index in [2.05, 4.69) is 24.4 Å². The minimum absolute atomic E-state index is 0.00994. The normalized spacial score (nSPS) is 20.3. The lowest BCUT2D eigenvalue weighted by atomic mass is 9.79. The Hall–Kier alpha value is -1.55. The predicted molar refractivity (Wildman–Crippen MR) is 110 cm³/mol. The Balaban J connectivity index is 1.56. The number of likely N-dealkylation sites (tertiary alicyclic amines) is 1. The Kier molecular flexibility index (Phi) is 6.80. The third-order valence-corrected chi connectivity index (χ3v) is 6.59. The van der Waals surface area contributed by atoms with E-state index in [0.717, 1.165) is 23.4 Å². The Bertz CT molecular complexity index is 621. The van der Waals surface area contributed by atoms with E-state index >= 15 is 0 Å². The van der Waals surface area contributed by atoms with Crippen molar-refractivity contribution in [1.29, 1.82) is 0 Å². The minimum atomic E-state index is 0.00994. The van der Waals surface area contributed by atoms with Crippen LogP contribution in [0.4, 0.5) is 0 Å². The molecule has 0 aromatic heterocycles. The summed E-state index contributed by atoms with van der Waals surface area (Å²) < 4.78 is 5.88. The molecule has 0 atom stereocenters. The van der Waals surface area contributed by atoms with Gasteiger partial charge in [-0.25, -0.2) is 0 Å². The van der Waals surface area contributed by atoms with Gasteiger partial charge in [-0.3, -0.25) is 4.79 Å². The van der Waals surface area contributed by atoms with Crippen LogP contribution in [-0.2, 0) is 4.79 Å². The van der Waals surface area contributed by atoms with E-state index < -0.39 is 0 Å². The largest absolute Gasteiger partial charge is 0.483 e. The number of rotatable bonds is 6. The first-order valence-corrected chi connectivity index (χ1v) is 10.8. The van der Waals surface area contributed by atoms with Gasteiger partial charge in [0, 0.05) is 12.8 Å². The summed E-state index contributed by atoms with van der Waals surface area (Å²) >= 11 is 0. The highest BCUT2D eigenvalue weighted by molar-refractivity contribution is 5.77. The van der Waals surface area contributed by atoms with Gasteiger partial charge in [0.15, 0.2) is 6.61 Å². The van der Waals surface area contributed by atoms with Crippen molar-refractivity contribution in [2.45, 2.75) is 77.7 Å². The van der Waals surface area contributed by atoms with Crippen molar-refractivity contribution < 1.29 is 14.4 Å². The second-order valence-electron chi connectivity index (χ2n) is 8.80. The van der Waals surface area contributed by atoms with Crippen molar-refractivity contribution >= 4 is 5.91 Å². The maximum Gasteiger partial charge on any atom is 0.258 e. The third kappa shape index (κ3) is 5.04. The van der Waals surface area contributed by atoms with Crippen molar-refractivity contribution in [3.63, 3.8) is 0 Å². The summed E-state index contributed by atoms with van der Waals surface area (Å²) in [5.41, 5.74) is 3.68. The molecule has 1 saturated heterocycles. The van der Waals surface area contributed by atoms with Crippen LogP contribution in [0.5, 0.6) is 5.75 Å². The molecule has 0 bridgehead atoms. The van der Waals surface area contributed by atoms with Crippen LogP contribution in [0.25, 0.3) is 0 Å². The number of amides is 1. The lowest BCUT2D eigenvalue weighted by molar-refractivity contribution is -0.957. The number of hydrogen-bond acceptors (Lipinski definition) is 2. The maximum absolute atomic E-state index is 12.5. The zero-order chi connectivity index (χ0) is 19.3. The molecule has 1 amide bonds. The molecule has 2 N–H and O–H groups in total. The van der Waals surface area contributed by atoms with E-state index in [1.54, 1.807) is 4.90 Å². The first-order chi connectivity index (χ1) is 13.0. The van der Waals surface area contributed by atoms with E-state index in [9.17, 15) is 4.79 Å². The van der Waals surface area contributed by atoms with Gasteiger partial charge in [0.05, 0.1) is 19.6 Å². The van der Waals surface area contributed by atoms with Gasteiger partial charge in [-0.1, -0.05) is 24.1 Å². The quantitative estimate of drug-likeness (QED) is 0.805. The summed E-state index contributed by atoms with van der Waals surface area (Å²) in [5.74, 6) is 0.862. The zero-order valence-electron chi connectivity index (χ0n) is 17.5. The molecule has 4 heteroatoms. The first kappa shape index (κ1) is 20.2. The van der Waals surface area contributed by atoms with Crippen LogP contribution >= 0.6 is 0 Å². The minimum Gasteiger partial charge on any atom is -0.483 e. The van der Waals surface area contributed by atoms with Crippen LogP contribution in [0.3, 0.4) is 0 Å². The van der Waals surface area contributed by atoms with Gasteiger partial charge in [0.25, 0.3) is 5.91 Å². The van der Waals surface area contributed by atoms with Crippen LogP contribution in [0, 0.1) is 20.8 Å². The molecule has 0 spiro atoms. The van der Waals surface area contributed by atoms with Crippen molar-refractivity contribution in [2.24, 2.45) is 0 Å². The summed E-state index contributed by atoms with van der Waals surface area (Å²) in [7, 11) is 0. The lowest BCUT2D eigenvalue weighted by Gasteiger charge is -2.45. The van der Waals surface area contributed by atoms with E-state index in [1.807, 2.05) is 13.8 Å². The van der Waals surface area contributed by atoms with Crippen molar-refractivity contribution in [2.75, 3.05) is 26.2 Å². The van der Waals surface area contributed by atoms with Gasteiger partial charge >= 0.3 is 0 Å². The highest BCUT2D eigenvalue weighted by atomic mass is 16.5. The number of hydrogen-bond donors (Lipinski definition) is 2. The summed E-state index contributed by atoms with van der Waals surface area (Å²) in [6.07, 6.45) is 10.5. The predicted octanol–water partition coefficient (Wildman–Crippen LogP) is 2.88. The number of quaternary nitrogens is 1. The number of ether oxygens (including phenoxy) is 1. The molecular weight excluding hydrogens is 336 g/mol. The average molecular weight is 374 g/mol. The zero-order valence-corrected chi connectivity index (χ0v) is 17.5. The smallest absolute Gasteiger partial charge is 0.258 e. The Morgan fingerprint density at radius 1 is 1.00 bits per heavy atom. The van der Waals surface area contributed by atoms with Crippen LogP contribution in [-0.4, -0.2) is 37.7 Å². The molecule has 1 saturated carbocycles. The average Bonchev–Trinajstić information content (AvgIpc) is 2.67. The van der Waals surface area contributed by atoms with Gasteiger partial charge in [0.2, 0.25) is 0 Å². The van der Waals surface area contributed by atoms with Crippen molar-refractivity contribution in [1.82, 2.24) is 5.32 Å². The Morgan fingerprint density at radius 2 is 1.59 bits per heavy atom. The molecular formula is C23H37N2O2+. The molecule has 1 heterocycles. The number of aryl methyl sites for hydroxylation is 3. The molecule has 1 aliphatic carbocycles. The van der Waals surface area contributed by atoms with E-state index in [0.29, 0.717) is 0 Å². The highest BCUT2D eigenvalue weighted by Gasteiger charge is 2.42. The van der Waals surface area contributed by atoms with E-state index in [4.69, 9.17) is 4.74 Å². The molecule has 0 radical (unpaired) electrons. The van der Waals surface area contributed by atoms with Crippen LogP contribution in [0.2, 0.25) is 0 Å². The third-order valence-electron chi connectivity index (χ3n) is 6.59. The van der Waals surface area contributed by atoms with E-state index in [-0.39, 0.29) is 18.1 Å². The van der Waals surface area contributed by atoms with E-state index in [1.165, 1.54) is 70.0 Å². The van der Waals surface area contributed by atoms with Crippen molar-refractivity contribution in [3.8, 4) is 5.75 Å². The summed E-state index contributed by atoms with van der Waals surface area (Å²) in [5, 5.41) is 3.23. The summed E-state index contributed by atoms with van der Waals surface area (Å²) in [4.78, 5) is 14.3. The standard InChI is InChI=1S/C23H36N2O2/c1-18-14-19(2)22(20(3)15-18)27-16-21(26)24-17-23(10-6-4-7-11-23)25-12-8-5-9-13-25/h14-15H,4-13,16-17H2,1-3H3,(H,24,26)/p+1. The topological polar surface area (TPSA) is 42.8 Å². The molecule has 0 unspecified atom stereocenters. The molecule has 4 nitrogen and oxygen atoms in total. The fourth-order valence-corrected chi connectivity index (χ4v) is 5.24. The number of carbonyl (C=O) groups excluding carboxylic acids is 1. The highest BCUT2D eigenvalue weighted by Crippen LogP contribution is 2.26. The molecule has 3 rings (SSSR count). The van der Waals surface area contributed by atoms with Gasteiger partial charge < -0.3 is 15.0 Å². The van der Waals surface area contributed by atoms with Gasteiger partial charge in [-0.2, -0.15) is 0 Å². The SMILES string of the molecule is Cc1cc(C)c(OCC(=O)NCC2([NH+]3CCCCC3)CCCCC2)c(C)c1. The number of carbonyl (C=O) groups is 1. The number of piperidine rings is 1. The van der Waals surface area contributed by atoms with Crippen molar-refractivity contribution in [3.05, 3.63) is 28.8 Å².